The van der Waals surface area contributed by atoms with Crippen molar-refractivity contribution in [1.29, 1.82) is 0 Å². The second-order valence-electron chi connectivity index (χ2n) is 7.43. The first-order valence-electron chi connectivity index (χ1n) is 9.04. The molecule has 5 heteroatoms. The second-order valence-corrected chi connectivity index (χ2v) is 9.44. The maximum atomic E-state index is 11.6. The Bertz CT molecular complexity index is 816. The SMILES string of the molecule is CC(C)[C@H]1CN(Cc2ccc(S(C)(=O)=O)cc2)C[C@@H](c2ccccc2)O1. The zero-order valence-corrected chi connectivity index (χ0v) is 16.4. The second kappa shape index (κ2) is 7.91. The van der Waals surface area contributed by atoms with Crippen LogP contribution in [-0.2, 0) is 21.1 Å². The minimum absolute atomic E-state index is 0.0626. The van der Waals surface area contributed by atoms with Crippen LogP contribution in [0.1, 0.15) is 31.1 Å². The molecule has 26 heavy (non-hydrogen) atoms. The molecule has 0 saturated carbocycles. The Kier molecular flexibility index (Phi) is 5.80. The molecule has 2 aromatic rings. The van der Waals surface area contributed by atoms with Crippen molar-refractivity contribution in [2.45, 2.75) is 37.5 Å². The third-order valence-electron chi connectivity index (χ3n) is 4.87. The number of sulfone groups is 1. The minimum atomic E-state index is -3.15. The highest BCUT2D eigenvalue weighted by Gasteiger charge is 2.30. The molecule has 1 fully saturated rings. The lowest BCUT2D eigenvalue weighted by Gasteiger charge is -2.40. The molecule has 0 spiro atoms. The Morgan fingerprint density at radius 3 is 2.27 bits per heavy atom. The highest BCUT2D eigenvalue weighted by atomic mass is 32.2. The lowest BCUT2D eigenvalue weighted by atomic mass is 10.0. The van der Waals surface area contributed by atoms with Gasteiger partial charge in [0.15, 0.2) is 9.84 Å². The van der Waals surface area contributed by atoms with E-state index >= 15 is 0 Å². The Hall–Kier alpha value is -1.69. The first-order chi connectivity index (χ1) is 12.3. The summed E-state index contributed by atoms with van der Waals surface area (Å²) in [4.78, 5) is 2.77. The number of benzene rings is 2. The van der Waals surface area contributed by atoms with E-state index in [4.69, 9.17) is 4.74 Å². The predicted octanol–water partition coefficient (Wildman–Crippen LogP) is 3.69. The molecule has 0 amide bonds. The molecule has 0 N–H and O–H groups in total. The fourth-order valence-corrected chi connectivity index (χ4v) is 3.94. The van der Waals surface area contributed by atoms with Crippen LogP contribution in [0.2, 0.25) is 0 Å². The van der Waals surface area contributed by atoms with Gasteiger partial charge in [0.1, 0.15) is 0 Å². The van der Waals surface area contributed by atoms with E-state index in [9.17, 15) is 8.42 Å². The van der Waals surface area contributed by atoms with Gasteiger partial charge in [-0.2, -0.15) is 0 Å². The van der Waals surface area contributed by atoms with E-state index in [2.05, 4.69) is 30.9 Å². The summed E-state index contributed by atoms with van der Waals surface area (Å²) in [6.07, 6.45) is 1.48. The van der Waals surface area contributed by atoms with E-state index in [1.807, 2.05) is 30.3 Å². The largest absolute Gasteiger partial charge is 0.367 e. The summed E-state index contributed by atoms with van der Waals surface area (Å²) in [5, 5.41) is 0. The fourth-order valence-electron chi connectivity index (χ4n) is 3.31. The summed E-state index contributed by atoms with van der Waals surface area (Å²) >= 11 is 0. The number of hydrogen-bond donors (Lipinski definition) is 0. The van der Waals surface area contributed by atoms with Crippen molar-refractivity contribution in [1.82, 2.24) is 4.90 Å². The molecule has 1 aliphatic rings. The van der Waals surface area contributed by atoms with Crippen molar-refractivity contribution in [2.24, 2.45) is 5.92 Å². The molecule has 1 saturated heterocycles. The summed E-state index contributed by atoms with van der Waals surface area (Å²) in [6.45, 7) is 6.89. The van der Waals surface area contributed by atoms with Gasteiger partial charge in [-0.25, -0.2) is 8.42 Å². The van der Waals surface area contributed by atoms with Crippen molar-refractivity contribution >= 4 is 9.84 Å². The molecule has 4 nitrogen and oxygen atoms in total. The van der Waals surface area contributed by atoms with Crippen LogP contribution in [0, 0.1) is 5.92 Å². The summed E-state index contributed by atoms with van der Waals surface area (Å²) in [6, 6.07) is 17.6. The standard InChI is InChI=1S/C21H27NO3S/c1-16(2)20-14-22(15-21(25-20)18-7-5-4-6-8-18)13-17-9-11-19(12-10-17)26(3,23)24/h4-12,16,20-21H,13-15H2,1-3H3/t20-,21+/m1/s1. The molecule has 2 atom stereocenters. The van der Waals surface area contributed by atoms with E-state index in [1.54, 1.807) is 12.1 Å². The van der Waals surface area contributed by atoms with Crippen LogP contribution in [0.5, 0.6) is 0 Å². The van der Waals surface area contributed by atoms with Gasteiger partial charge in [0.2, 0.25) is 0 Å². The topological polar surface area (TPSA) is 46.6 Å². The maximum Gasteiger partial charge on any atom is 0.175 e. The first-order valence-corrected chi connectivity index (χ1v) is 10.9. The third-order valence-corrected chi connectivity index (χ3v) is 6.00. The van der Waals surface area contributed by atoms with Gasteiger partial charge in [0, 0.05) is 25.9 Å². The van der Waals surface area contributed by atoms with E-state index in [-0.39, 0.29) is 12.2 Å². The summed E-state index contributed by atoms with van der Waals surface area (Å²) in [7, 11) is -3.15. The number of ether oxygens (including phenoxy) is 1. The number of nitrogens with zero attached hydrogens (tertiary/aromatic N) is 1. The number of hydrogen-bond acceptors (Lipinski definition) is 4. The Morgan fingerprint density at radius 2 is 1.69 bits per heavy atom. The monoisotopic (exact) mass is 373 g/mol. The van der Waals surface area contributed by atoms with Crippen molar-refractivity contribution in [3.8, 4) is 0 Å². The van der Waals surface area contributed by atoms with Crippen LogP contribution in [0.25, 0.3) is 0 Å². The zero-order valence-electron chi connectivity index (χ0n) is 15.6. The van der Waals surface area contributed by atoms with E-state index < -0.39 is 9.84 Å². The van der Waals surface area contributed by atoms with E-state index in [1.165, 1.54) is 11.8 Å². The van der Waals surface area contributed by atoms with Crippen LogP contribution in [-0.4, -0.2) is 38.8 Å². The maximum absolute atomic E-state index is 11.6. The van der Waals surface area contributed by atoms with Crippen LogP contribution in [0.15, 0.2) is 59.5 Å². The lowest BCUT2D eigenvalue weighted by molar-refractivity contribution is -0.107. The Balaban J connectivity index is 1.75. The smallest absolute Gasteiger partial charge is 0.175 e. The van der Waals surface area contributed by atoms with Gasteiger partial charge in [-0.1, -0.05) is 56.3 Å². The molecule has 0 aromatic heterocycles. The summed E-state index contributed by atoms with van der Waals surface area (Å²) < 4.78 is 29.6. The molecule has 0 bridgehead atoms. The van der Waals surface area contributed by atoms with E-state index in [0.717, 1.165) is 25.2 Å². The van der Waals surface area contributed by atoms with E-state index in [0.29, 0.717) is 10.8 Å². The quantitative estimate of drug-likeness (QED) is 0.802. The molecule has 0 unspecified atom stereocenters. The first kappa shape index (κ1) is 19.1. The van der Waals surface area contributed by atoms with Gasteiger partial charge < -0.3 is 4.74 Å². The molecule has 1 heterocycles. The van der Waals surface area contributed by atoms with Gasteiger partial charge in [0.05, 0.1) is 17.1 Å². The van der Waals surface area contributed by atoms with Crippen molar-refractivity contribution < 1.29 is 13.2 Å². The highest BCUT2D eigenvalue weighted by molar-refractivity contribution is 7.90. The van der Waals surface area contributed by atoms with Gasteiger partial charge in [-0.3, -0.25) is 4.90 Å². The summed E-state index contributed by atoms with van der Waals surface area (Å²) in [5.41, 5.74) is 2.32. The van der Waals surface area contributed by atoms with Crippen molar-refractivity contribution in [2.75, 3.05) is 19.3 Å². The average Bonchev–Trinajstić information content (AvgIpc) is 2.62. The average molecular weight is 374 g/mol. The number of morpholine rings is 1. The molecular weight excluding hydrogens is 346 g/mol. The normalized spacial score (nSPS) is 21.8. The van der Waals surface area contributed by atoms with Crippen LogP contribution < -0.4 is 0 Å². The van der Waals surface area contributed by atoms with Crippen LogP contribution >= 0.6 is 0 Å². The minimum Gasteiger partial charge on any atom is -0.367 e. The highest BCUT2D eigenvalue weighted by Crippen LogP contribution is 2.29. The van der Waals surface area contributed by atoms with Gasteiger partial charge >= 0.3 is 0 Å². The van der Waals surface area contributed by atoms with Gasteiger partial charge in [-0.15, -0.1) is 0 Å². The molecule has 3 rings (SSSR count). The molecule has 140 valence electrons. The predicted molar refractivity (Wildman–Crippen MR) is 104 cm³/mol. The lowest BCUT2D eigenvalue weighted by Crippen LogP contribution is -2.45. The number of rotatable bonds is 5. The Morgan fingerprint density at radius 1 is 1.04 bits per heavy atom. The molecular formula is C21H27NO3S. The van der Waals surface area contributed by atoms with Crippen LogP contribution in [0.3, 0.4) is 0 Å². The summed E-state index contributed by atoms with van der Waals surface area (Å²) in [5.74, 6) is 0.441. The fraction of sp³-hybridized carbons (Fsp3) is 0.429. The van der Waals surface area contributed by atoms with Crippen LogP contribution in [0.4, 0.5) is 0 Å². The Labute approximate surface area is 156 Å². The molecule has 2 aromatic carbocycles. The van der Waals surface area contributed by atoms with Gasteiger partial charge in [-0.05, 0) is 29.2 Å². The third kappa shape index (κ3) is 4.72. The van der Waals surface area contributed by atoms with Crippen molar-refractivity contribution in [3.05, 3.63) is 65.7 Å². The zero-order chi connectivity index (χ0) is 18.7. The molecule has 1 aliphatic heterocycles. The van der Waals surface area contributed by atoms with Gasteiger partial charge in [0.25, 0.3) is 0 Å². The molecule has 0 aliphatic carbocycles. The van der Waals surface area contributed by atoms with Crippen molar-refractivity contribution in [3.63, 3.8) is 0 Å². The molecule has 0 radical (unpaired) electrons.